The van der Waals surface area contributed by atoms with Crippen LogP contribution in [0.2, 0.25) is 0 Å². The van der Waals surface area contributed by atoms with Gasteiger partial charge in [0.1, 0.15) is 6.54 Å². The third kappa shape index (κ3) is 3.30. The van der Waals surface area contributed by atoms with E-state index in [1.54, 1.807) is 0 Å². The van der Waals surface area contributed by atoms with Crippen molar-refractivity contribution in [2.24, 2.45) is 11.7 Å². The second-order valence-corrected chi connectivity index (χ2v) is 5.57. The first kappa shape index (κ1) is 14.6. The molecule has 116 valence electrons. The first-order chi connectivity index (χ1) is 10.8. The molecule has 2 N–H and O–H groups in total. The number of nitrogens with two attached hydrogens (primary N) is 1. The first-order valence-corrected chi connectivity index (χ1v) is 7.57. The summed E-state index contributed by atoms with van der Waals surface area (Å²) in [6.45, 7) is 2.36. The lowest BCUT2D eigenvalue weighted by Gasteiger charge is -2.31. The molecule has 0 spiro atoms. The topological polar surface area (TPSA) is 89.9 Å². The van der Waals surface area contributed by atoms with E-state index in [9.17, 15) is 4.79 Å². The summed E-state index contributed by atoms with van der Waals surface area (Å²) in [5.41, 5.74) is 6.56. The van der Waals surface area contributed by atoms with Gasteiger partial charge >= 0.3 is 0 Å². The van der Waals surface area contributed by atoms with Crippen LogP contribution in [-0.4, -0.2) is 50.6 Å². The van der Waals surface area contributed by atoms with Gasteiger partial charge in [-0.25, -0.2) is 0 Å². The van der Waals surface area contributed by atoms with Crippen molar-refractivity contribution < 1.29 is 4.79 Å². The highest BCUT2D eigenvalue weighted by Gasteiger charge is 2.22. The van der Waals surface area contributed by atoms with Gasteiger partial charge in [-0.2, -0.15) is 4.80 Å². The third-order valence-electron chi connectivity index (χ3n) is 4.06. The molecule has 0 unspecified atom stereocenters. The smallest absolute Gasteiger partial charge is 0.246 e. The standard InChI is InChI=1S/C15H20N6O/c16-10-12-6-8-20(9-7-12)14(22)11-21-18-15(17-19-21)13-4-2-1-3-5-13/h1-5,12H,6-11,16H2. The van der Waals surface area contributed by atoms with Crippen molar-refractivity contribution in [3.8, 4) is 11.4 Å². The summed E-state index contributed by atoms with van der Waals surface area (Å²) < 4.78 is 0. The molecule has 2 heterocycles. The number of carbonyl (C=O) groups excluding carboxylic acids is 1. The van der Waals surface area contributed by atoms with Crippen LogP contribution in [0.3, 0.4) is 0 Å². The molecule has 1 aromatic carbocycles. The molecule has 2 aromatic rings. The molecule has 1 saturated heterocycles. The predicted octanol–water partition coefficient (Wildman–Crippen LogP) is 0.537. The molecule has 0 aliphatic carbocycles. The van der Waals surface area contributed by atoms with Crippen molar-refractivity contribution in [2.45, 2.75) is 19.4 Å². The van der Waals surface area contributed by atoms with Gasteiger partial charge in [-0.3, -0.25) is 4.79 Å². The SMILES string of the molecule is NCC1CCN(C(=O)Cn2nnc(-c3ccccc3)n2)CC1. The Bertz CT molecular complexity index is 618. The number of nitrogens with zero attached hydrogens (tertiary/aromatic N) is 5. The molecule has 0 radical (unpaired) electrons. The maximum absolute atomic E-state index is 12.3. The number of carbonyl (C=O) groups is 1. The Morgan fingerprint density at radius 2 is 1.95 bits per heavy atom. The average molecular weight is 300 g/mol. The van der Waals surface area contributed by atoms with Gasteiger partial charge in [0.15, 0.2) is 0 Å². The quantitative estimate of drug-likeness (QED) is 0.890. The number of aromatic nitrogens is 4. The minimum Gasteiger partial charge on any atom is -0.341 e. The van der Waals surface area contributed by atoms with E-state index >= 15 is 0 Å². The van der Waals surface area contributed by atoms with E-state index in [2.05, 4.69) is 15.4 Å². The highest BCUT2D eigenvalue weighted by Crippen LogP contribution is 2.16. The fraction of sp³-hybridized carbons (Fsp3) is 0.467. The molecule has 1 aliphatic rings. The Hall–Kier alpha value is -2.28. The van der Waals surface area contributed by atoms with E-state index in [0.29, 0.717) is 18.3 Å². The lowest BCUT2D eigenvalue weighted by atomic mass is 9.97. The van der Waals surface area contributed by atoms with Crippen LogP contribution in [0.15, 0.2) is 30.3 Å². The lowest BCUT2D eigenvalue weighted by molar-refractivity contribution is -0.133. The van der Waals surface area contributed by atoms with E-state index in [1.165, 1.54) is 4.80 Å². The van der Waals surface area contributed by atoms with Crippen molar-refractivity contribution in [3.63, 3.8) is 0 Å². The molecule has 7 nitrogen and oxygen atoms in total. The summed E-state index contributed by atoms with van der Waals surface area (Å²) in [6.07, 6.45) is 1.95. The molecule has 1 aliphatic heterocycles. The van der Waals surface area contributed by atoms with Gasteiger partial charge in [-0.1, -0.05) is 30.3 Å². The zero-order valence-corrected chi connectivity index (χ0v) is 12.4. The molecular formula is C15H20N6O. The Morgan fingerprint density at radius 3 is 2.64 bits per heavy atom. The summed E-state index contributed by atoms with van der Waals surface area (Å²) >= 11 is 0. The minimum absolute atomic E-state index is 0.0347. The van der Waals surface area contributed by atoms with Crippen LogP contribution >= 0.6 is 0 Å². The summed E-state index contributed by atoms with van der Waals surface area (Å²) in [4.78, 5) is 15.5. The molecule has 3 rings (SSSR count). The minimum atomic E-state index is 0.0347. The molecule has 0 bridgehead atoms. The molecule has 1 aromatic heterocycles. The Morgan fingerprint density at radius 1 is 1.23 bits per heavy atom. The van der Waals surface area contributed by atoms with E-state index in [1.807, 2.05) is 35.2 Å². The van der Waals surface area contributed by atoms with Crippen LogP contribution in [-0.2, 0) is 11.3 Å². The highest BCUT2D eigenvalue weighted by atomic mass is 16.2. The predicted molar refractivity (Wildman–Crippen MR) is 81.6 cm³/mol. The second kappa shape index (κ2) is 6.65. The van der Waals surface area contributed by atoms with Crippen molar-refractivity contribution in [3.05, 3.63) is 30.3 Å². The Labute approximate surface area is 129 Å². The number of piperidine rings is 1. The summed E-state index contributed by atoms with van der Waals surface area (Å²) in [6, 6.07) is 9.61. The Kier molecular flexibility index (Phi) is 4.43. The zero-order valence-electron chi connectivity index (χ0n) is 12.4. The van der Waals surface area contributed by atoms with Crippen LogP contribution in [0, 0.1) is 5.92 Å². The van der Waals surface area contributed by atoms with E-state index in [0.717, 1.165) is 31.5 Å². The van der Waals surface area contributed by atoms with Gasteiger partial charge in [0.2, 0.25) is 11.7 Å². The van der Waals surface area contributed by atoms with E-state index in [-0.39, 0.29) is 12.5 Å². The number of rotatable bonds is 4. The fourth-order valence-corrected chi connectivity index (χ4v) is 2.65. The third-order valence-corrected chi connectivity index (χ3v) is 4.06. The van der Waals surface area contributed by atoms with Gasteiger partial charge in [0.25, 0.3) is 0 Å². The van der Waals surface area contributed by atoms with Crippen LogP contribution in [0.5, 0.6) is 0 Å². The normalized spacial score (nSPS) is 16.0. The number of benzene rings is 1. The maximum atomic E-state index is 12.3. The van der Waals surface area contributed by atoms with Gasteiger partial charge < -0.3 is 10.6 Å². The largest absolute Gasteiger partial charge is 0.341 e. The summed E-state index contributed by atoms with van der Waals surface area (Å²) in [7, 11) is 0. The van der Waals surface area contributed by atoms with Crippen LogP contribution < -0.4 is 5.73 Å². The number of hydrogen-bond acceptors (Lipinski definition) is 5. The van der Waals surface area contributed by atoms with Gasteiger partial charge in [-0.15, -0.1) is 10.2 Å². The first-order valence-electron chi connectivity index (χ1n) is 7.57. The fourth-order valence-electron chi connectivity index (χ4n) is 2.65. The molecule has 1 amide bonds. The van der Waals surface area contributed by atoms with E-state index in [4.69, 9.17) is 5.73 Å². The van der Waals surface area contributed by atoms with Crippen LogP contribution in [0.4, 0.5) is 0 Å². The lowest BCUT2D eigenvalue weighted by Crippen LogP contribution is -2.41. The molecular weight excluding hydrogens is 280 g/mol. The number of amides is 1. The van der Waals surface area contributed by atoms with Crippen molar-refractivity contribution >= 4 is 5.91 Å². The van der Waals surface area contributed by atoms with Gasteiger partial charge in [0.05, 0.1) is 0 Å². The molecule has 7 heteroatoms. The summed E-state index contributed by atoms with van der Waals surface area (Å²) in [5, 5.41) is 12.2. The van der Waals surface area contributed by atoms with E-state index < -0.39 is 0 Å². The number of likely N-dealkylation sites (tertiary alicyclic amines) is 1. The van der Waals surface area contributed by atoms with Crippen LogP contribution in [0.1, 0.15) is 12.8 Å². The maximum Gasteiger partial charge on any atom is 0.246 e. The average Bonchev–Trinajstić information content (AvgIpc) is 3.04. The van der Waals surface area contributed by atoms with Crippen molar-refractivity contribution in [2.75, 3.05) is 19.6 Å². The monoisotopic (exact) mass is 300 g/mol. The second-order valence-electron chi connectivity index (χ2n) is 5.57. The van der Waals surface area contributed by atoms with Crippen molar-refractivity contribution in [1.82, 2.24) is 25.1 Å². The molecule has 22 heavy (non-hydrogen) atoms. The Balaban J connectivity index is 1.60. The van der Waals surface area contributed by atoms with Crippen molar-refractivity contribution in [1.29, 1.82) is 0 Å². The molecule has 0 saturated carbocycles. The van der Waals surface area contributed by atoms with Gasteiger partial charge in [-0.05, 0) is 30.5 Å². The zero-order chi connectivity index (χ0) is 15.4. The highest BCUT2D eigenvalue weighted by molar-refractivity contribution is 5.75. The molecule has 1 fully saturated rings. The van der Waals surface area contributed by atoms with Gasteiger partial charge in [0, 0.05) is 18.7 Å². The number of hydrogen-bond donors (Lipinski definition) is 1. The van der Waals surface area contributed by atoms with Crippen LogP contribution in [0.25, 0.3) is 11.4 Å². The number of tetrazole rings is 1. The molecule has 0 atom stereocenters. The summed E-state index contributed by atoms with van der Waals surface area (Å²) in [5.74, 6) is 1.11.